The summed E-state index contributed by atoms with van der Waals surface area (Å²) < 4.78 is 0. The van der Waals surface area contributed by atoms with Crippen LogP contribution in [-0.4, -0.2) is 32.3 Å². The third-order valence-corrected chi connectivity index (χ3v) is 35.9. The Morgan fingerprint density at radius 2 is 0.359 bits per heavy atom. The van der Waals surface area contributed by atoms with Crippen LogP contribution in [0.2, 0.25) is 58.9 Å². The molecule has 16 aromatic rings. The number of hydrogen-bond donors (Lipinski definition) is 0. The van der Waals surface area contributed by atoms with Crippen molar-refractivity contribution in [2.75, 3.05) is 9.80 Å². The molecule has 0 atom stereocenters. The lowest BCUT2D eigenvalue weighted by Gasteiger charge is -2.35. The Balaban J connectivity index is 0.000000170. The normalized spacial score (nSPS) is 13.1. The van der Waals surface area contributed by atoms with Crippen LogP contribution in [-0.2, 0) is 10.8 Å². The standard InChI is InChI=1S/C60H53NSi2.C51H51NSi2/c1-60(2)58-24-16-15-23-56(58)57-42-37-50(43-59(57)60)61(48-33-29-46(30-34-48)44-25-27-45(28-26-44)47-31-38-51(39-32-47)62(3,4)5)49-35-40-55(41-36-49)63(52-17-9-6-10-18-52,53-19-11-7-12-20-53)54-21-13-8-14-22-54;1-51(2)49-12-10-9-11-47(49)48-34-29-44(35-50(48)51)52(43-27-19-39(20-28-43)41-23-32-46(33-24-41)54(6,7)8)42-25-17-38(18-26-42)36-13-15-37(16-14-36)40-21-30-45(31-22-40)53(3,4)5/h6-43H,1-5H3;9-35H,1-8H3. The van der Waals surface area contributed by atoms with Crippen LogP contribution in [0.3, 0.4) is 0 Å². The van der Waals surface area contributed by atoms with Gasteiger partial charge in [0.15, 0.2) is 8.07 Å². The van der Waals surface area contributed by atoms with Crippen LogP contribution in [0.4, 0.5) is 34.1 Å². The smallest absolute Gasteiger partial charge is 0.179 e. The van der Waals surface area contributed by atoms with E-state index in [9.17, 15) is 0 Å². The molecule has 0 aliphatic heterocycles. The van der Waals surface area contributed by atoms with Crippen molar-refractivity contribution in [1.29, 1.82) is 0 Å². The maximum absolute atomic E-state index is 2.68. The lowest BCUT2D eigenvalue weighted by Crippen LogP contribution is -2.74. The number of anilines is 6. The zero-order chi connectivity index (χ0) is 81.0. The SMILES string of the molecule is CC1(C)c2ccccc2-c2ccc(N(c3ccc(-c4ccc(-c5ccc([Si](C)(C)C)cc5)cc4)cc3)c3ccc(-c4ccc([Si](C)(C)C)cc4)cc3)cc21.CC1(C)c2ccccc2-c2ccc(N(c3ccc(-c4ccc(-c5ccc([Si](C)(C)C)cc5)cc4)cc3)c3ccc([Si](c4ccccc4)(c4ccccc4)c4ccccc4)cc3)cc21. The van der Waals surface area contributed by atoms with Crippen molar-refractivity contribution in [2.24, 2.45) is 0 Å². The van der Waals surface area contributed by atoms with E-state index in [0.29, 0.717) is 0 Å². The van der Waals surface area contributed by atoms with Gasteiger partial charge in [-0.3, -0.25) is 0 Å². The second-order valence-corrected chi connectivity index (χ2v) is 55.2. The van der Waals surface area contributed by atoms with Crippen molar-refractivity contribution in [3.8, 4) is 77.9 Å². The minimum absolute atomic E-state index is 0.0775. The van der Waals surface area contributed by atoms with E-state index < -0.39 is 32.3 Å². The average Bonchev–Trinajstić information content (AvgIpc) is 1.48. The van der Waals surface area contributed by atoms with Crippen LogP contribution in [0, 0.1) is 0 Å². The molecule has 0 saturated carbocycles. The van der Waals surface area contributed by atoms with Crippen LogP contribution in [0.25, 0.3) is 77.9 Å². The lowest BCUT2D eigenvalue weighted by molar-refractivity contribution is 0.660. The van der Waals surface area contributed by atoms with Gasteiger partial charge in [0.25, 0.3) is 0 Å². The van der Waals surface area contributed by atoms with Gasteiger partial charge in [-0.25, -0.2) is 0 Å². The first-order valence-electron chi connectivity index (χ1n) is 41.6. The van der Waals surface area contributed by atoms with Crippen LogP contribution in [0.15, 0.2) is 394 Å². The van der Waals surface area contributed by atoms with Crippen LogP contribution in [0.1, 0.15) is 49.9 Å². The molecule has 2 nitrogen and oxygen atoms in total. The van der Waals surface area contributed by atoms with Gasteiger partial charge >= 0.3 is 0 Å². The molecule has 0 fully saturated rings. The Bertz CT molecular complexity index is 6100. The summed E-state index contributed by atoms with van der Waals surface area (Å²) in [6.45, 7) is 31.1. The van der Waals surface area contributed by atoms with Gasteiger partial charge in [0.1, 0.15) is 0 Å². The van der Waals surface area contributed by atoms with E-state index in [1.165, 1.54) is 142 Å². The number of nitrogens with zero attached hydrogens (tertiary/aromatic N) is 2. The molecule has 574 valence electrons. The highest BCUT2D eigenvalue weighted by Gasteiger charge is 2.42. The topological polar surface area (TPSA) is 6.48 Å². The molecule has 6 heteroatoms. The Hall–Kier alpha value is -12.0. The van der Waals surface area contributed by atoms with Crippen molar-refractivity contribution in [3.63, 3.8) is 0 Å². The summed E-state index contributed by atoms with van der Waals surface area (Å²) in [6.07, 6.45) is 0. The highest BCUT2D eigenvalue weighted by Crippen LogP contribution is 2.53. The molecule has 0 aromatic heterocycles. The third-order valence-electron chi connectivity index (χ3n) is 24.9. The molecule has 18 rings (SSSR count). The fourth-order valence-corrected chi connectivity index (χ4v) is 26.3. The maximum atomic E-state index is 2.44. The first-order valence-corrected chi connectivity index (χ1v) is 54.1. The van der Waals surface area contributed by atoms with Crippen molar-refractivity contribution >= 4 is 103 Å². The quantitative estimate of drug-likeness (QED) is 0.0624. The number of benzene rings is 16. The molecule has 0 amide bonds. The number of hydrogen-bond acceptors (Lipinski definition) is 2. The van der Waals surface area contributed by atoms with Gasteiger partial charge in [0.05, 0.1) is 24.2 Å². The molecule has 0 unspecified atom stereocenters. The highest BCUT2D eigenvalue weighted by atomic mass is 28.3. The van der Waals surface area contributed by atoms with Crippen molar-refractivity contribution in [2.45, 2.75) is 97.4 Å². The van der Waals surface area contributed by atoms with Gasteiger partial charge in [-0.1, -0.05) is 424 Å². The van der Waals surface area contributed by atoms with E-state index in [4.69, 9.17) is 0 Å². The molecule has 0 radical (unpaired) electrons. The molecule has 117 heavy (non-hydrogen) atoms. The zero-order valence-electron chi connectivity index (χ0n) is 69.9. The van der Waals surface area contributed by atoms with Gasteiger partial charge in [0.2, 0.25) is 0 Å². The monoisotopic (exact) mass is 1580 g/mol. The molecular weight excluding hydrogens is 1470 g/mol. The summed E-state index contributed by atoms with van der Waals surface area (Å²) in [6, 6.07) is 148. The predicted molar refractivity (Wildman–Crippen MR) is 517 cm³/mol. The Kier molecular flexibility index (Phi) is 20.7. The zero-order valence-corrected chi connectivity index (χ0v) is 73.9. The molecule has 0 bridgehead atoms. The fraction of sp³-hybridized carbons (Fsp3) is 0.135. The highest BCUT2D eigenvalue weighted by molar-refractivity contribution is 7.20. The fourth-order valence-electron chi connectivity index (χ4n) is 18.1. The van der Waals surface area contributed by atoms with Crippen molar-refractivity contribution < 1.29 is 0 Å². The van der Waals surface area contributed by atoms with Crippen LogP contribution >= 0.6 is 0 Å². The van der Waals surface area contributed by atoms with Gasteiger partial charge in [-0.15, -0.1) is 0 Å². The van der Waals surface area contributed by atoms with Crippen molar-refractivity contribution in [1.82, 2.24) is 0 Å². The molecule has 0 saturated heterocycles. The molecule has 0 heterocycles. The summed E-state index contributed by atoms with van der Waals surface area (Å²) in [5.41, 5.74) is 29.9. The molecule has 2 aliphatic rings. The van der Waals surface area contributed by atoms with E-state index in [1.54, 1.807) is 0 Å². The average molecular weight is 1580 g/mol. The molecule has 16 aromatic carbocycles. The largest absolute Gasteiger partial charge is 0.310 e. The van der Waals surface area contributed by atoms with Gasteiger partial charge < -0.3 is 9.80 Å². The first kappa shape index (κ1) is 77.6. The van der Waals surface area contributed by atoms with E-state index in [2.05, 4.69) is 491 Å². The number of fused-ring (bicyclic) bond motifs is 6. The van der Waals surface area contributed by atoms with Gasteiger partial charge in [-0.05, 0) is 194 Å². The summed E-state index contributed by atoms with van der Waals surface area (Å²) in [5.74, 6) is 0. The number of rotatable bonds is 18. The van der Waals surface area contributed by atoms with E-state index in [1.807, 2.05) is 0 Å². The maximum Gasteiger partial charge on any atom is 0.179 e. The molecule has 0 N–H and O–H groups in total. The second kappa shape index (κ2) is 31.2. The summed E-state index contributed by atoms with van der Waals surface area (Å²) >= 11 is 0. The van der Waals surface area contributed by atoms with E-state index in [0.717, 1.165) is 28.4 Å². The summed E-state index contributed by atoms with van der Waals surface area (Å²) in [7, 11) is -6.69. The third kappa shape index (κ3) is 15.1. The Labute approximate surface area is 699 Å². The summed E-state index contributed by atoms with van der Waals surface area (Å²) in [5, 5.41) is 9.94. The molecule has 0 spiro atoms. The van der Waals surface area contributed by atoms with Gasteiger partial charge in [0, 0.05) is 45.0 Å². The molecule has 2 aliphatic carbocycles. The van der Waals surface area contributed by atoms with Crippen LogP contribution < -0.4 is 46.1 Å². The lowest BCUT2D eigenvalue weighted by atomic mass is 9.82. The second-order valence-electron chi connectivity index (χ2n) is 36.1. The Morgan fingerprint density at radius 1 is 0.171 bits per heavy atom. The van der Waals surface area contributed by atoms with E-state index in [-0.39, 0.29) is 10.8 Å². The minimum atomic E-state index is -2.68. The van der Waals surface area contributed by atoms with Crippen molar-refractivity contribution in [3.05, 3.63) is 417 Å². The predicted octanol–water partition coefficient (Wildman–Crippen LogP) is 26.3. The first-order chi connectivity index (χ1) is 56.4. The van der Waals surface area contributed by atoms with E-state index >= 15 is 0 Å². The summed E-state index contributed by atoms with van der Waals surface area (Å²) in [4.78, 5) is 4.85. The minimum Gasteiger partial charge on any atom is -0.310 e. The van der Waals surface area contributed by atoms with Gasteiger partial charge in [-0.2, -0.15) is 0 Å². The van der Waals surface area contributed by atoms with Crippen LogP contribution in [0.5, 0.6) is 0 Å². The Morgan fingerprint density at radius 3 is 0.615 bits per heavy atom. The molecular formula is C111H104N2Si4.